The number of methoxy groups -OCH3 is 1. The van der Waals surface area contributed by atoms with Crippen LogP contribution in [0.2, 0.25) is 0 Å². The molecule has 0 unspecified atom stereocenters. The highest BCUT2D eigenvalue weighted by molar-refractivity contribution is 5.89. The third kappa shape index (κ3) is 1.38. The van der Waals surface area contributed by atoms with Gasteiger partial charge in [0.05, 0.1) is 7.11 Å². The minimum absolute atomic E-state index is 0.0744. The Labute approximate surface area is 95.0 Å². The van der Waals surface area contributed by atoms with Crippen LogP contribution in [0, 0.1) is 0 Å². The maximum absolute atomic E-state index is 6.21. The molecule has 0 aromatic heterocycles. The Bertz CT molecular complexity index is 543. The third-order valence-corrected chi connectivity index (χ3v) is 3.43. The number of hydrogen-bond acceptors (Lipinski definition) is 2. The molecule has 0 radical (unpaired) electrons. The summed E-state index contributed by atoms with van der Waals surface area (Å²) in [7, 11) is 1.71. The Hall–Kier alpha value is -1.54. The van der Waals surface area contributed by atoms with Crippen LogP contribution in [0.15, 0.2) is 36.4 Å². The Morgan fingerprint density at radius 3 is 2.69 bits per heavy atom. The van der Waals surface area contributed by atoms with Gasteiger partial charge in [-0.3, -0.25) is 0 Å². The standard InChI is InChI=1S/C14H15NO/c1-16-13-4-2-3-10-5-6-11(9-12(10)13)14(15)7-8-14/h2-6,9H,7-8,15H2,1H3. The monoisotopic (exact) mass is 213 g/mol. The molecule has 0 atom stereocenters. The van der Waals surface area contributed by atoms with Crippen LogP contribution in [0.3, 0.4) is 0 Å². The van der Waals surface area contributed by atoms with Gasteiger partial charge in [-0.15, -0.1) is 0 Å². The number of benzene rings is 2. The molecule has 2 nitrogen and oxygen atoms in total. The average Bonchev–Trinajstić information content (AvgIpc) is 3.07. The molecule has 1 aliphatic rings. The van der Waals surface area contributed by atoms with Crippen LogP contribution in [0.1, 0.15) is 18.4 Å². The van der Waals surface area contributed by atoms with E-state index in [9.17, 15) is 0 Å². The molecule has 0 bridgehead atoms. The van der Waals surface area contributed by atoms with Crippen molar-refractivity contribution in [1.82, 2.24) is 0 Å². The highest BCUT2D eigenvalue weighted by Gasteiger charge is 2.39. The van der Waals surface area contributed by atoms with Crippen LogP contribution in [0.4, 0.5) is 0 Å². The molecule has 2 heteroatoms. The van der Waals surface area contributed by atoms with Crippen LogP contribution in [0.5, 0.6) is 5.75 Å². The lowest BCUT2D eigenvalue weighted by atomic mass is 10.0. The summed E-state index contributed by atoms with van der Waals surface area (Å²) in [5.74, 6) is 0.920. The van der Waals surface area contributed by atoms with Crippen molar-refractivity contribution in [2.75, 3.05) is 7.11 Å². The normalized spacial score (nSPS) is 17.4. The molecule has 2 aromatic rings. The van der Waals surface area contributed by atoms with Crippen LogP contribution in [-0.2, 0) is 5.54 Å². The van der Waals surface area contributed by atoms with Crippen LogP contribution in [0.25, 0.3) is 10.8 Å². The minimum Gasteiger partial charge on any atom is -0.496 e. The van der Waals surface area contributed by atoms with Crippen molar-refractivity contribution in [2.24, 2.45) is 5.73 Å². The molecule has 16 heavy (non-hydrogen) atoms. The van der Waals surface area contributed by atoms with Gasteiger partial charge in [0.15, 0.2) is 0 Å². The summed E-state index contributed by atoms with van der Waals surface area (Å²) in [6.45, 7) is 0. The zero-order chi connectivity index (χ0) is 11.2. The smallest absolute Gasteiger partial charge is 0.126 e. The van der Waals surface area contributed by atoms with Crippen LogP contribution >= 0.6 is 0 Å². The third-order valence-electron chi connectivity index (χ3n) is 3.43. The minimum atomic E-state index is -0.0744. The van der Waals surface area contributed by atoms with Gasteiger partial charge in [-0.2, -0.15) is 0 Å². The fraction of sp³-hybridized carbons (Fsp3) is 0.286. The molecule has 1 aliphatic carbocycles. The number of hydrogen-bond donors (Lipinski definition) is 1. The summed E-state index contributed by atoms with van der Waals surface area (Å²) in [6.07, 6.45) is 2.18. The first-order valence-corrected chi connectivity index (χ1v) is 5.59. The van der Waals surface area contributed by atoms with Crippen molar-refractivity contribution >= 4 is 10.8 Å². The highest BCUT2D eigenvalue weighted by Crippen LogP contribution is 2.44. The van der Waals surface area contributed by atoms with Crippen LogP contribution in [-0.4, -0.2) is 7.11 Å². The lowest BCUT2D eigenvalue weighted by molar-refractivity contribution is 0.420. The van der Waals surface area contributed by atoms with Crippen molar-refractivity contribution < 1.29 is 4.74 Å². The molecule has 0 heterocycles. The molecule has 1 saturated carbocycles. The van der Waals surface area contributed by atoms with Crippen molar-refractivity contribution in [3.8, 4) is 5.75 Å². The molecular formula is C14H15NO. The largest absolute Gasteiger partial charge is 0.496 e. The quantitative estimate of drug-likeness (QED) is 0.832. The van der Waals surface area contributed by atoms with Crippen molar-refractivity contribution in [3.63, 3.8) is 0 Å². The van der Waals surface area contributed by atoms with E-state index in [1.54, 1.807) is 7.11 Å². The topological polar surface area (TPSA) is 35.2 Å². The molecular weight excluding hydrogens is 198 g/mol. The fourth-order valence-electron chi connectivity index (χ4n) is 2.15. The van der Waals surface area contributed by atoms with E-state index in [2.05, 4.69) is 24.3 Å². The van der Waals surface area contributed by atoms with E-state index in [0.717, 1.165) is 24.0 Å². The first-order valence-electron chi connectivity index (χ1n) is 5.59. The van der Waals surface area contributed by atoms with E-state index in [4.69, 9.17) is 10.5 Å². The van der Waals surface area contributed by atoms with E-state index in [-0.39, 0.29) is 5.54 Å². The zero-order valence-electron chi connectivity index (χ0n) is 9.36. The summed E-state index contributed by atoms with van der Waals surface area (Å²) >= 11 is 0. The number of rotatable bonds is 2. The molecule has 1 fully saturated rings. The Morgan fingerprint density at radius 2 is 2.00 bits per heavy atom. The zero-order valence-corrected chi connectivity index (χ0v) is 9.36. The summed E-state index contributed by atoms with van der Waals surface area (Å²) in [5, 5.41) is 2.35. The highest BCUT2D eigenvalue weighted by atomic mass is 16.5. The van der Waals surface area contributed by atoms with Gasteiger partial charge >= 0.3 is 0 Å². The predicted molar refractivity (Wildman–Crippen MR) is 65.6 cm³/mol. The Morgan fingerprint density at radius 1 is 1.19 bits per heavy atom. The molecule has 0 spiro atoms. The van der Waals surface area contributed by atoms with Gasteiger partial charge in [0.2, 0.25) is 0 Å². The summed E-state index contributed by atoms with van der Waals surface area (Å²) in [5.41, 5.74) is 7.36. The SMILES string of the molecule is COc1cccc2ccc(C3(N)CC3)cc12. The lowest BCUT2D eigenvalue weighted by Crippen LogP contribution is -2.18. The van der Waals surface area contributed by atoms with E-state index >= 15 is 0 Å². The van der Waals surface area contributed by atoms with Gasteiger partial charge in [0, 0.05) is 10.9 Å². The summed E-state index contributed by atoms with van der Waals surface area (Å²) in [6, 6.07) is 12.5. The maximum atomic E-state index is 6.21. The maximum Gasteiger partial charge on any atom is 0.126 e. The van der Waals surface area contributed by atoms with Crippen LogP contribution < -0.4 is 10.5 Å². The van der Waals surface area contributed by atoms with Gasteiger partial charge < -0.3 is 10.5 Å². The lowest BCUT2D eigenvalue weighted by Gasteiger charge is -2.12. The van der Waals surface area contributed by atoms with Crippen molar-refractivity contribution in [3.05, 3.63) is 42.0 Å². The van der Waals surface area contributed by atoms with E-state index in [1.165, 1.54) is 10.9 Å². The molecule has 2 aromatic carbocycles. The Kier molecular flexibility index (Phi) is 1.95. The van der Waals surface area contributed by atoms with Gasteiger partial charge in [-0.25, -0.2) is 0 Å². The first kappa shape index (κ1) is 9.67. The van der Waals surface area contributed by atoms with Gasteiger partial charge in [0.1, 0.15) is 5.75 Å². The molecule has 82 valence electrons. The van der Waals surface area contributed by atoms with E-state index in [0.29, 0.717) is 0 Å². The molecule has 0 amide bonds. The Balaban J connectivity index is 2.22. The second kappa shape index (κ2) is 3.22. The van der Waals surface area contributed by atoms with Gasteiger partial charge in [-0.1, -0.05) is 24.3 Å². The molecule has 2 N–H and O–H groups in total. The summed E-state index contributed by atoms with van der Waals surface area (Å²) < 4.78 is 5.37. The predicted octanol–water partition coefficient (Wildman–Crippen LogP) is 2.80. The van der Waals surface area contributed by atoms with Gasteiger partial charge in [-0.05, 0) is 35.9 Å². The number of nitrogens with two attached hydrogens (primary N) is 1. The molecule has 0 saturated heterocycles. The van der Waals surface area contributed by atoms with Gasteiger partial charge in [0.25, 0.3) is 0 Å². The van der Waals surface area contributed by atoms with Crippen molar-refractivity contribution in [1.29, 1.82) is 0 Å². The number of ether oxygens (including phenoxy) is 1. The molecule has 0 aliphatic heterocycles. The first-order chi connectivity index (χ1) is 7.73. The molecule has 3 rings (SSSR count). The summed E-state index contributed by atoms with van der Waals surface area (Å²) in [4.78, 5) is 0. The number of fused-ring (bicyclic) bond motifs is 1. The van der Waals surface area contributed by atoms with Crippen molar-refractivity contribution in [2.45, 2.75) is 18.4 Å². The fourth-order valence-corrected chi connectivity index (χ4v) is 2.15. The second-order valence-electron chi connectivity index (χ2n) is 4.55. The van der Waals surface area contributed by atoms with E-state index < -0.39 is 0 Å². The second-order valence-corrected chi connectivity index (χ2v) is 4.55. The van der Waals surface area contributed by atoms with E-state index in [1.807, 2.05) is 12.1 Å². The average molecular weight is 213 g/mol.